The first-order valence-electron chi connectivity index (χ1n) is 21.6. The van der Waals surface area contributed by atoms with Gasteiger partial charge in [0, 0.05) is 22.3 Å². The lowest BCUT2D eigenvalue weighted by atomic mass is 10.0. The summed E-state index contributed by atoms with van der Waals surface area (Å²) < 4.78 is 120. The molecule has 0 saturated carbocycles. The number of nitrogens with one attached hydrogen (secondary N) is 2. The van der Waals surface area contributed by atoms with Crippen LogP contribution in [0, 0.1) is 13.8 Å². The molecule has 0 aliphatic carbocycles. The van der Waals surface area contributed by atoms with E-state index in [0.717, 1.165) is 11.1 Å². The molecule has 3 heterocycles. The summed E-state index contributed by atoms with van der Waals surface area (Å²) in [7, 11) is -21.7. The summed E-state index contributed by atoms with van der Waals surface area (Å²) in [5.41, 5.74) is 4.41. The first-order valence-corrected chi connectivity index (χ1v) is 29.2. The molecule has 20 heteroatoms. The van der Waals surface area contributed by atoms with Crippen molar-refractivity contribution in [2.24, 2.45) is 13.5 Å². The minimum atomic E-state index is -4.64. The smallest absolute Gasteiger partial charge is 0.413 e. The molecular weight excluding hydrogens is 988 g/mol. The summed E-state index contributed by atoms with van der Waals surface area (Å²) >= 11 is 0. The molecule has 2 N–H and O–H groups in total. The second kappa shape index (κ2) is 17.6. The Labute approximate surface area is 405 Å². The lowest BCUT2D eigenvalue weighted by Gasteiger charge is -2.32. The van der Waals surface area contributed by atoms with Gasteiger partial charge in [0.2, 0.25) is 0 Å². The Morgan fingerprint density at radius 2 is 0.700 bits per heavy atom. The average molecular weight is 1030 g/mol. The van der Waals surface area contributed by atoms with Crippen LogP contribution in [0.1, 0.15) is 11.1 Å². The van der Waals surface area contributed by atoms with E-state index in [1.807, 2.05) is 62.4 Å². The quantitative estimate of drug-likeness (QED) is 0.125. The number of anilines is 2. The van der Waals surface area contributed by atoms with Gasteiger partial charge in [0.05, 0.1) is 21.2 Å². The minimum Gasteiger partial charge on any atom is -0.413 e. The molecule has 2 spiro atoms. The lowest BCUT2D eigenvalue weighted by Crippen LogP contribution is -2.15. The summed E-state index contributed by atoms with van der Waals surface area (Å²) in [6, 6.07) is 54.6. The molecule has 11 rings (SSSR count). The van der Waals surface area contributed by atoms with Crippen molar-refractivity contribution in [2.75, 3.05) is 9.44 Å². The molecule has 0 atom stereocenters. The van der Waals surface area contributed by atoms with Gasteiger partial charge in [-0.05, 0) is 86.6 Å². The Morgan fingerprint density at radius 1 is 0.386 bits per heavy atom. The Bertz CT molecular complexity index is 3470. The van der Waals surface area contributed by atoms with Gasteiger partial charge >= 0.3 is 23.0 Å². The van der Waals surface area contributed by atoms with Crippen LogP contribution in [0.25, 0.3) is 22.3 Å². The zero-order valence-electron chi connectivity index (χ0n) is 37.1. The van der Waals surface area contributed by atoms with Crippen molar-refractivity contribution in [3.63, 3.8) is 0 Å². The molecule has 8 aromatic rings. The number of aryl methyl sites for hydroxylation is 2. The molecular formula is C50H40N5O10P3S2. The van der Waals surface area contributed by atoms with Crippen LogP contribution in [0.15, 0.2) is 217 Å². The van der Waals surface area contributed by atoms with Gasteiger partial charge in [-0.15, -0.1) is 0 Å². The molecule has 0 unspecified atom stereocenters. The molecule has 0 fully saturated rings. The third-order valence-electron chi connectivity index (χ3n) is 11.0. The maximum atomic E-state index is 14.1. The van der Waals surface area contributed by atoms with Crippen molar-refractivity contribution in [1.82, 2.24) is 0 Å². The summed E-state index contributed by atoms with van der Waals surface area (Å²) in [6.07, 6.45) is 0. The fourth-order valence-electron chi connectivity index (χ4n) is 7.70. The second-order valence-electron chi connectivity index (χ2n) is 16.1. The molecule has 0 saturated heterocycles. The summed E-state index contributed by atoms with van der Waals surface area (Å²) in [4.78, 5) is -0.00144. The van der Waals surface area contributed by atoms with E-state index in [2.05, 4.69) is 9.44 Å². The molecule has 0 bridgehead atoms. The van der Waals surface area contributed by atoms with Crippen molar-refractivity contribution in [3.8, 4) is 56.8 Å². The normalized spacial score (nSPS) is 15.5. The van der Waals surface area contributed by atoms with Crippen LogP contribution >= 0.6 is 23.0 Å². The van der Waals surface area contributed by atoms with Gasteiger partial charge in [0.15, 0.2) is 11.5 Å². The SMILES string of the molecule is Cc1ccc(S(=O)(=O)Nc2ccccc2OP2(Oc3ccccc3NS(=O)(=O)c3ccc(C)cc3)=NP3(=NP4(=N2)Oc2ccccc2-c2ccccc2O4)Oc2ccccc2-c2ccccc2O3)cc1. The molecule has 70 heavy (non-hydrogen) atoms. The number of nitrogens with zero attached hydrogens (tertiary/aromatic N) is 3. The summed E-state index contributed by atoms with van der Waals surface area (Å²) in [5, 5.41) is 0. The lowest BCUT2D eigenvalue weighted by molar-refractivity contribution is 0.449. The average Bonchev–Trinajstić information content (AvgIpc) is 3.55. The topological polar surface area (TPSA) is 185 Å². The number of fused-ring (bicyclic) bond motifs is 6. The van der Waals surface area contributed by atoms with Gasteiger partial charge in [-0.25, -0.2) is 16.8 Å². The van der Waals surface area contributed by atoms with Crippen molar-refractivity contribution in [2.45, 2.75) is 23.6 Å². The van der Waals surface area contributed by atoms with Gasteiger partial charge in [-0.2, -0.15) is 0 Å². The van der Waals surface area contributed by atoms with E-state index in [-0.39, 0.29) is 32.7 Å². The van der Waals surface area contributed by atoms with E-state index >= 15 is 0 Å². The van der Waals surface area contributed by atoms with Crippen LogP contribution < -0.4 is 36.6 Å². The predicted octanol–water partition coefficient (Wildman–Crippen LogP) is 14.5. The molecule has 0 radical (unpaired) electrons. The zero-order chi connectivity index (χ0) is 48.1. The largest absolute Gasteiger partial charge is 0.461 e. The zero-order valence-corrected chi connectivity index (χ0v) is 41.4. The first kappa shape index (κ1) is 45.2. The fourth-order valence-corrected chi connectivity index (χ4v) is 19.0. The molecule has 3 aliphatic heterocycles. The number of sulfonamides is 2. The first-order chi connectivity index (χ1) is 33.8. The van der Waals surface area contributed by atoms with Crippen LogP contribution in [-0.4, -0.2) is 16.8 Å². The number of benzene rings is 8. The molecule has 0 amide bonds. The summed E-state index contributed by atoms with van der Waals surface area (Å²) in [6.45, 7) is 3.71. The fraction of sp³-hybridized carbons (Fsp3) is 0.0400. The third-order valence-corrected chi connectivity index (χ3v) is 21.8. The van der Waals surface area contributed by atoms with Crippen LogP contribution in [0.4, 0.5) is 11.4 Å². The highest BCUT2D eigenvalue weighted by Crippen LogP contribution is 2.80. The number of hydrogen-bond acceptors (Lipinski definition) is 13. The van der Waals surface area contributed by atoms with Crippen molar-refractivity contribution >= 4 is 54.4 Å². The Morgan fingerprint density at radius 3 is 1.07 bits per heavy atom. The van der Waals surface area contributed by atoms with Gasteiger partial charge in [0.25, 0.3) is 20.0 Å². The predicted molar refractivity (Wildman–Crippen MR) is 272 cm³/mol. The third kappa shape index (κ3) is 8.83. The molecule has 15 nitrogen and oxygen atoms in total. The maximum Gasteiger partial charge on any atom is 0.461 e. The van der Waals surface area contributed by atoms with E-state index < -0.39 is 43.0 Å². The molecule has 8 aromatic carbocycles. The van der Waals surface area contributed by atoms with Gasteiger partial charge < -0.3 is 27.1 Å². The van der Waals surface area contributed by atoms with Crippen LogP contribution in [0.2, 0.25) is 0 Å². The van der Waals surface area contributed by atoms with Crippen molar-refractivity contribution in [1.29, 1.82) is 0 Å². The van der Waals surface area contributed by atoms with E-state index in [1.165, 1.54) is 48.5 Å². The van der Waals surface area contributed by atoms with Gasteiger partial charge in [-0.1, -0.05) is 146 Å². The number of hydrogen-bond donors (Lipinski definition) is 2. The van der Waals surface area contributed by atoms with Gasteiger partial charge in [0.1, 0.15) is 23.0 Å². The van der Waals surface area contributed by atoms with Crippen molar-refractivity contribution < 1.29 is 44.0 Å². The van der Waals surface area contributed by atoms with E-state index in [9.17, 15) is 16.8 Å². The summed E-state index contributed by atoms with van der Waals surface area (Å²) in [5.74, 6) is 1.22. The second-order valence-corrected chi connectivity index (χ2v) is 25.7. The Hall–Kier alpha value is -7.25. The number of para-hydroxylation sites is 8. The van der Waals surface area contributed by atoms with E-state index in [4.69, 9.17) is 40.7 Å². The number of rotatable bonds is 10. The Balaban J connectivity index is 1.18. The Kier molecular flexibility index (Phi) is 11.4. The highest BCUT2D eigenvalue weighted by atomic mass is 32.2. The van der Waals surface area contributed by atoms with Crippen molar-refractivity contribution in [3.05, 3.63) is 205 Å². The van der Waals surface area contributed by atoms with Gasteiger partial charge in [-0.3, -0.25) is 9.44 Å². The highest BCUT2D eigenvalue weighted by Gasteiger charge is 2.51. The highest BCUT2D eigenvalue weighted by molar-refractivity contribution is 7.93. The van der Waals surface area contributed by atoms with Crippen LogP contribution in [0.3, 0.4) is 0 Å². The van der Waals surface area contributed by atoms with E-state index in [0.29, 0.717) is 45.3 Å². The molecule has 0 aromatic heterocycles. The van der Waals surface area contributed by atoms with Crippen LogP contribution in [-0.2, 0) is 20.0 Å². The standard InChI is InChI=1S/C50H40N5O10P3S2/c1-35-27-31-37(32-28-35)69(56,57)51-43-19-7-13-25-49(43)64-68(65-50-26-14-8-20-44(50)52-70(58,59)38-33-29-36(2)30-34-38)54-66(60-45-21-9-3-15-39(45)40-16-4-10-22-46(40)61-66)53-67(55-68)62-47-23-11-5-17-41(47)42-18-6-12-24-48(42)63-67/h3-34,51-52H,1-2H3. The monoisotopic (exact) mass is 1030 g/mol. The molecule has 352 valence electrons. The van der Waals surface area contributed by atoms with Crippen LogP contribution in [0.5, 0.6) is 34.5 Å². The maximum absolute atomic E-state index is 14.1. The van der Waals surface area contributed by atoms with E-state index in [1.54, 1.807) is 97.1 Å². The molecule has 3 aliphatic rings. The minimum absolute atomic E-state index is 0.000721.